The lowest BCUT2D eigenvalue weighted by Gasteiger charge is -2.14. The minimum absolute atomic E-state index is 0.0356. The van der Waals surface area contributed by atoms with Crippen LogP contribution in [0.2, 0.25) is 0 Å². The van der Waals surface area contributed by atoms with Gasteiger partial charge in [-0.2, -0.15) is 0 Å². The zero-order valence-corrected chi connectivity index (χ0v) is 15.7. The molecular formula is C23H22FNO4. The van der Waals surface area contributed by atoms with Gasteiger partial charge in [0.2, 0.25) is 0 Å². The molecule has 0 amide bonds. The largest absolute Gasteiger partial charge is 0.488 e. The summed E-state index contributed by atoms with van der Waals surface area (Å²) in [6, 6.07) is 18.4. The summed E-state index contributed by atoms with van der Waals surface area (Å²) in [5.74, 6) is -0.969. The molecule has 0 aliphatic carbocycles. The Morgan fingerprint density at radius 2 is 1.76 bits per heavy atom. The Morgan fingerprint density at radius 1 is 1.03 bits per heavy atom. The first-order valence-electron chi connectivity index (χ1n) is 9.16. The van der Waals surface area contributed by atoms with E-state index in [0.717, 1.165) is 0 Å². The highest BCUT2D eigenvalue weighted by molar-refractivity contribution is 5.71. The summed E-state index contributed by atoms with van der Waals surface area (Å²) >= 11 is 0. The second-order valence-electron chi connectivity index (χ2n) is 6.66. The average molecular weight is 395 g/mol. The minimum Gasteiger partial charge on any atom is -0.488 e. The number of para-hydroxylation sites is 1. The molecule has 4 N–H and O–H groups in total. The van der Waals surface area contributed by atoms with Crippen molar-refractivity contribution in [3.63, 3.8) is 0 Å². The first-order chi connectivity index (χ1) is 14.0. The van der Waals surface area contributed by atoms with Gasteiger partial charge in [0.15, 0.2) is 0 Å². The molecule has 1 unspecified atom stereocenters. The Hall–Kier alpha value is -3.22. The van der Waals surface area contributed by atoms with Gasteiger partial charge in [-0.15, -0.1) is 0 Å². The molecule has 0 saturated heterocycles. The van der Waals surface area contributed by atoms with Crippen LogP contribution in [0.25, 0.3) is 11.1 Å². The van der Waals surface area contributed by atoms with Gasteiger partial charge in [-0.1, -0.05) is 54.6 Å². The number of halogens is 1. The monoisotopic (exact) mass is 395 g/mol. The van der Waals surface area contributed by atoms with E-state index in [9.17, 15) is 9.90 Å². The third kappa shape index (κ3) is 4.99. The van der Waals surface area contributed by atoms with Crippen molar-refractivity contribution < 1.29 is 24.1 Å². The van der Waals surface area contributed by atoms with Crippen LogP contribution in [0.5, 0.6) is 5.75 Å². The van der Waals surface area contributed by atoms with E-state index in [1.165, 1.54) is 0 Å². The van der Waals surface area contributed by atoms with E-state index in [2.05, 4.69) is 0 Å². The predicted octanol–water partition coefficient (Wildman–Crippen LogP) is 3.69. The van der Waals surface area contributed by atoms with Crippen molar-refractivity contribution in [3.05, 3.63) is 89.2 Å². The van der Waals surface area contributed by atoms with E-state index >= 15 is 4.39 Å². The Kier molecular flexibility index (Phi) is 6.59. The number of benzene rings is 3. The molecule has 0 radical (unpaired) electrons. The summed E-state index contributed by atoms with van der Waals surface area (Å²) in [7, 11) is 0. The molecule has 0 bridgehead atoms. The Morgan fingerprint density at radius 3 is 2.52 bits per heavy atom. The maximum atomic E-state index is 15.1. The quantitative estimate of drug-likeness (QED) is 0.541. The summed E-state index contributed by atoms with van der Waals surface area (Å²) in [4.78, 5) is 11.0. The van der Waals surface area contributed by atoms with Crippen molar-refractivity contribution in [2.75, 3.05) is 6.61 Å². The van der Waals surface area contributed by atoms with Gasteiger partial charge >= 0.3 is 5.97 Å². The molecule has 0 saturated carbocycles. The number of hydrogen-bond acceptors (Lipinski definition) is 4. The fraction of sp³-hybridized carbons (Fsp3) is 0.174. The number of aliphatic carboxylic acids is 1. The Balaban J connectivity index is 1.84. The molecular weight excluding hydrogens is 373 g/mol. The molecule has 6 heteroatoms. The fourth-order valence-corrected chi connectivity index (χ4v) is 3.07. The highest BCUT2D eigenvalue weighted by Gasteiger charge is 2.14. The number of carbonyl (C=O) groups is 1. The van der Waals surface area contributed by atoms with E-state index in [4.69, 9.17) is 15.6 Å². The molecule has 0 heterocycles. The summed E-state index contributed by atoms with van der Waals surface area (Å²) in [5, 5.41) is 18.3. The van der Waals surface area contributed by atoms with E-state index in [1.54, 1.807) is 66.7 Å². The highest BCUT2D eigenvalue weighted by atomic mass is 19.1. The van der Waals surface area contributed by atoms with E-state index in [-0.39, 0.29) is 19.6 Å². The smallest absolute Gasteiger partial charge is 0.307 e. The average Bonchev–Trinajstić information content (AvgIpc) is 2.73. The summed E-state index contributed by atoms with van der Waals surface area (Å²) < 4.78 is 20.9. The van der Waals surface area contributed by atoms with Gasteiger partial charge in [0.1, 0.15) is 18.2 Å². The number of rotatable bonds is 8. The standard InChI is InChI=1S/C23H22FNO4/c24-23-18(14-29-21-10-2-1-5-17(21)12-22(27)28)8-4-9-19(23)15-6-3-7-16(11-15)20(25)13-26/h1-11,20,26H,12-14,25H2,(H,27,28). The third-order valence-electron chi connectivity index (χ3n) is 4.60. The molecule has 29 heavy (non-hydrogen) atoms. The van der Waals surface area contributed by atoms with Crippen molar-refractivity contribution in [2.45, 2.75) is 19.1 Å². The summed E-state index contributed by atoms with van der Waals surface area (Å²) in [6.45, 7) is -0.234. The second kappa shape index (κ2) is 9.32. The number of carboxylic acids is 1. The van der Waals surface area contributed by atoms with Crippen LogP contribution in [0.1, 0.15) is 22.7 Å². The van der Waals surface area contributed by atoms with Crippen LogP contribution in [0.15, 0.2) is 66.7 Å². The maximum absolute atomic E-state index is 15.1. The zero-order chi connectivity index (χ0) is 20.8. The Labute approximate surface area is 168 Å². The van der Waals surface area contributed by atoms with Crippen LogP contribution in [-0.4, -0.2) is 22.8 Å². The van der Waals surface area contributed by atoms with Gasteiger partial charge in [-0.3, -0.25) is 4.79 Å². The van der Waals surface area contributed by atoms with E-state index in [0.29, 0.717) is 33.6 Å². The van der Waals surface area contributed by atoms with Gasteiger partial charge in [0.05, 0.1) is 19.1 Å². The molecule has 0 aliphatic heterocycles. The first-order valence-corrected chi connectivity index (χ1v) is 9.16. The number of aliphatic hydroxyl groups is 1. The predicted molar refractivity (Wildman–Crippen MR) is 108 cm³/mol. The van der Waals surface area contributed by atoms with E-state index in [1.807, 2.05) is 0 Å². The molecule has 0 fully saturated rings. The highest BCUT2D eigenvalue weighted by Crippen LogP contribution is 2.28. The molecule has 1 atom stereocenters. The SMILES string of the molecule is NC(CO)c1cccc(-c2cccc(COc3ccccc3CC(=O)O)c2F)c1. The molecule has 0 aliphatic rings. The van der Waals surface area contributed by atoms with Gasteiger partial charge in [0, 0.05) is 16.7 Å². The summed E-state index contributed by atoms with van der Waals surface area (Å²) in [6.07, 6.45) is -0.170. The molecule has 0 aromatic heterocycles. The minimum atomic E-state index is -0.963. The first kappa shape index (κ1) is 20.5. The van der Waals surface area contributed by atoms with Crippen LogP contribution in [-0.2, 0) is 17.8 Å². The second-order valence-corrected chi connectivity index (χ2v) is 6.66. The number of hydrogen-bond donors (Lipinski definition) is 3. The van der Waals surface area contributed by atoms with Gasteiger partial charge < -0.3 is 20.7 Å². The molecule has 3 aromatic rings. The van der Waals surface area contributed by atoms with Crippen LogP contribution in [0, 0.1) is 5.82 Å². The van der Waals surface area contributed by atoms with Gasteiger partial charge in [0.25, 0.3) is 0 Å². The molecule has 150 valence electrons. The molecule has 3 aromatic carbocycles. The van der Waals surface area contributed by atoms with Crippen LogP contribution in [0.3, 0.4) is 0 Å². The number of nitrogens with two attached hydrogens (primary N) is 1. The van der Waals surface area contributed by atoms with Crippen molar-refractivity contribution in [3.8, 4) is 16.9 Å². The van der Waals surface area contributed by atoms with Crippen LogP contribution >= 0.6 is 0 Å². The van der Waals surface area contributed by atoms with Crippen LogP contribution in [0.4, 0.5) is 4.39 Å². The van der Waals surface area contributed by atoms with E-state index < -0.39 is 17.8 Å². The topological polar surface area (TPSA) is 92.8 Å². The number of aliphatic hydroxyl groups excluding tert-OH is 1. The maximum Gasteiger partial charge on any atom is 0.307 e. The number of ether oxygens (including phenoxy) is 1. The lowest BCUT2D eigenvalue weighted by Crippen LogP contribution is -2.14. The lowest BCUT2D eigenvalue weighted by atomic mass is 9.98. The number of carboxylic acid groups (broad SMARTS) is 1. The summed E-state index contributed by atoms with van der Waals surface area (Å²) in [5.41, 5.74) is 8.51. The van der Waals surface area contributed by atoms with Crippen molar-refractivity contribution in [1.29, 1.82) is 0 Å². The Bertz CT molecular complexity index is 1010. The normalized spacial score (nSPS) is 11.8. The fourth-order valence-electron chi connectivity index (χ4n) is 3.07. The van der Waals surface area contributed by atoms with Crippen molar-refractivity contribution in [1.82, 2.24) is 0 Å². The van der Waals surface area contributed by atoms with Gasteiger partial charge in [-0.05, 0) is 23.3 Å². The third-order valence-corrected chi connectivity index (χ3v) is 4.60. The molecule has 5 nitrogen and oxygen atoms in total. The molecule has 3 rings (SSSR count). The van der Waals surface area contributed by atoms with Gasteiger partial charge in [-0.25, -0.2) is 4.39 Å². The molecule has 0 spiro atoms. The van der Waals surface area contributed by atoms with Crippen LogP contribution < -0.4 is 10.5 Å². The lowest BCUT2D eigenvalue weighted by molar-refractivity contribution is -0.136. The van der Waals surface area contributed by atoms with Crippen molar-refractivity contribution >= 4 is 5.97 Å². The zero-order valence-electron chi connectivity index (χ0n) is 15.7. The van der Waals surface area contributed by atoms with Crippen molar-refractivity contribution in [2.24, 2.45) is 5.73 Å².